The Balaban J connectivity index is 1.68. The van der Waals surface area contributed by atoms with Gasteiger partial charge in [-0.3, -0.25) is 0 Å². The van der Waals surface area contributed by atoms with Crippen molar-refractivity contribution in [2.45, 2.75) is 25.0 Å². The molecule has 110 valence electrons. The number of rotatable bonds is 4. The number of quaternary nitrogens is 1. The first-order valence-electron chi connectivity index (χ1n) is 7.29. The van der Waals surface area contributed by atoms with Gasteiger partial charge in [-0.05, 0) is 23.8 Å². The Hall–Kier alpha value is -1.78. The lowest BCUT2D eigenvalue weighted by Crippen LogP contribution is -2.89. The third kappa shape index (κ3) is 3.28. The molecule has 0 spiro atoms. The van der Waals surface area contributed by atoms with Crippen molar-refractivity contribution in [1.29, 1.82) is 0 Å². The van der Waals surface area contributed by atoms with E-state index in [9.17, 15) is 8.78 Å². The predicted molar refractivity (Wildman–Crippen MR) is 77.6 cm³/mol. The van der Waals surface area contributed by atoms with E-state index in [1.54, 1.807) is 0 Å². The molecular weight excluding hydrogens is 270 g/mol. The standard InChI is InChI=1S/C17H18F2N2/c18-14-6-7-15(19)13(10-14)11-21-16-8-9-20-17(16)12-4-2-1-3-5-12/h1-7,10,16-17,20-21H,8-9,11H2/p+1/t16-,17-/m0/s1. The van der Waals surface area contributed by atoms with E-state index in [1.807, 2.05) is 18.2 Å². The molecule has 1 heterocycles. The minimum atomic E-state index is -0.385. The summed E-state index contributed by atoms with van der Waals surface area (Å²) >= 11 is 0. The van der Waals surface area contributed by atoms with Crippen molar-refractivity contribution in [2.24, 2.45) is 0 Å². The van der Waals surface area contributed by atoms with Crippen LogP contribution in [0.15, 0.2) is 48.5 Å². The van der Waals surface area contributed by atoms with Gasteiger partial charge in [-0.1, -0.05) is 30.3 Å². The highest BCUT2D eigenvalue weighted by atomic mass is 19.1. The second-order valence-electron chi connectivity index (χ2n) is 5.47. The maximum atomic E-state index is 13.7. The Morgan fingerprint density at radius 3 is 2.71 bits per heavy atom. The van der Waals surface area contributed by atoms with Crippen LogP contribution < -0.4 is 10.6 Å². The third-order valence-electron chi connectivity index (χ3n) is 4.08. The highest BCUT2D eigenvalue weighted by molar-refractivity contribution is 5.21. The van der Waals surface area contributed by atoms with Crippen molar-refractivity contribution in [3.8, 4) is 0 Å². The van der Waals surface area contributed by atoms with Crippen molar-refractivity contribution in [3.05, 3.63) is 71.3 Å². The molecule has 4 heteroatoms. The molecule has 1 fully saturated rings. The number of benzene rings is 2. The lowest BCUT2D eigenvalue weighted by Gasteiger charge is -2.18. The van der Waals surface area contributed by atoms with E-state index in [-0.39, 0.29) is 17.7 Å². The first-order valence-corrected chi connectivity index (χ1v) is 7.29. The summed E-state index contributed by atoms with van der Waals surface area (Å²) < 4.78 is 26.9. The largest absolute Gasteiger partial charge is 0.338 e. The topological polar surface area (TPSA) is 28.6 Å². The number of halogens is 2. The summed E-state index contributed by atoms with van der Waals surface area (Å²) in [4.78, 5) is 0. The normalized spacial score (nSPS) is 21.6. The van der Waals surface area contributed by atoms with Crippen LogP contribution in [0.25, 0.3) is 0 Å². The molecule has 1 aliphatic heterocycles. The number of nitrogens with one attached hydrogen (secondary N) is 1. The van der Waals surface area contributed by atoms with Crippen LogP contribution >= 0.6 is 0 Å². The van der Waals surface area contributed by atoms with E-state index < -0.39 is 0 Å². The molecule has 0 unspecified atom stereocenters. The van der Waals surface area contributed by atoms with E-state index in [2.05, 4.69) is 22.8 Å². The van der Waals surface area contributed by atoms with Crippen LogP contribution in [-0.4, -0.2) is 12.6 Å². The Bertz CT molecular complexity index is 601. The molecule has 0 saturated carbocycles. The molecule has 2 aromatic rings. The van der Waals surface area contributed by atoms with Crippen LogP contribution in [0.1, 0.15) is 23.6 Å². The van der Waals surface area contributed by atoms with Crippen LogP contribution in [0.2, 0.25) is 0 Å². The number of hydrogen-bond donors (Lipinski definition) is 2. The molecule has 0 amide bonds. The van der Waals surface area contributed by atoms with Gasteiger partial charge in [0.15, 0.2) is 0 Å². The molecule has 0 radical (unpaired) electrons. The van der Waals surface area contributed by atoms with Gasteiger partial charge in [0.25, 0.3) is 0 Å². The second-order valence-corrected chi connectivity index (χ2v) is 5.47. The van der Waals surface area contributed by atoms with Crippen LogP contribution in [0.3, 0.4) is 0 Å². The van der Waals surface area contributed by atoms with Crippen LogP contribution in [0.5, 0.6) is 0 Å². The molecule has 0 aliphatic carbocycles. The molecule has 2 aromatic carbocycles. The number of hydrogen-bond acceptors (Lipinski definition) is 1. The molecule has 2 nitrogen and oxygen atoms in total. The summed E-state index contributed by atoms with van der Waals surface area (Å²) in [6.45, 7) is 1.41. The average molecular weight is 289 g/mol. The SMILES string of the molecule is Fc1ccc(F)c(C[NH2+][C@H]2CCN[C@H]2c2ccccc2)c1. The Morgan fingerprint density at radius 2 is 1.90 bits per heavy atom. The summed E-state index contributed by atoms with van der Waals surface area (Å²) in [6.07, 6.45) is 1.02. The van der Waals surface area contributed by atoms with Crippen molar-refractivity contribution in [2.75, 3.05) is 6.54 Å². The van der Waals surface area contributed by atoms with Gasteiger partial charge in [-0.25, -0.2) is 8.78 Å². The molecule has 3 rings (SSSR count). The summed E-state index contributed by atoms with van der Waals surface area (Å²) in [5.41, 5.74) is 1.67. The quantitative estimate of drug-likeness (QED) is 0.887. The van der Waals surface area contributed by atoms with Gasteiger partial charge in [0.05, 0.1) is 6.04 Å². The lowest BCUT2D eigenvalue weighted by atomic mass is 10.0. The lowest BCUT2D eigenvalue weighted by molar-refractivity contribution is -0.705. The maximum absolute atomic E-state index is 13.7. The van der Waals surface area contributed by atoms with Gasteiger partial charge < -0.3 is 10.6 Å². The fourth-order valence-electron chi connectivity index (χ4n) is 2.98. The van der Waals surface area contributed by atoms with Crippen LogP contribution in [0, 0.1) is 11.6 Å². The third-order valence-corrected chi connectivity index (χ3v) is 4.08. The van der Waals surface area contributed by atoms with Gasteiger partial charge >= 0.3 is 0 Å². The van der Waals surface area contributed by atoms with E-state index in [4.69, 9.17) is 0 Å². The minimum Gasteiger partial charge on any atom is -0.338 e. The first-order chi connectivity index (χ1) is 10.2. The fraction of sp³-hybridized carbons (Fsp3) is 0.294. The molecule has 1 saturated heterocycles. The highest BCUT2D eigenvalue weighted by Gasteiger charge is 2.30. The first kappa shape index (κ1) is 14.2. The molecule has 1 aliphatic rings. The highest BCUT2D eigenvalue weighted by Crippen LogP contribution is 2.21. The minimum absolute atomic E-state index is 0.267. The maximum Gasteiger partial charge on any atom is 0.132 e. The van der Waals surface area contributed by atoms with Gasteiger partial charge in [0.1, 0.15) is 24.2 Å². The van der Waals surface area contributed by atoms with Crippen molar-refractivity contribution >= 4 is 0 Å². The summed E-state index contributed by atoms with van der Waals surface area (Å²) in [5.74, 6) is -0.723. The average Bonchev–Trinajstić information content (AvgIpc) is 2.97. The Kier molecular flexibility index (Phi) is 4.27. The zero-order valence-corrected chi connectivity index (χ0v) is 11.7. The van der Waals surface area contributed by atoms with Crippen LogP contribution in [-0.2, 0) is 6.54 Å². The smallest absolute Gasteiger partial charge is 0.132 e. The molecule has 0 bridgehead atoms. The van der Waals surface area contributed by atoms with E-state index in [0.717, 1.165) is 19.0 Å². The number of nitrogens with two attached hydrogens (primary N) is 1. The zero-order chi connectivity index (χ0) is 14.7. The van der Waals surface area contributed by atoms with Gasteiger partial charge in [-0.15, -0.1) is 0 Å². The van der Waals surface area contributed by atoms with E-state index in [0.29, 0.717) is 18.2 Å². The zero-order valence-electron chi connectivity index (χ0n) is 11.7. The molecule has 2 atom stereocenters. The van der Waals surface area contributed by atoms with Crippen molar-refractivity contribution in [1.82, 2.24) is 5.32 Å². The molecule has 3 N–H and O–H groups in total. The van der Waals surface area contributed by atoms with Gasteiger partial charge in [0, 0.05) is 18.5 Å². The Labute approximate surface area is 123 Å². The van der Waals surface area contributed by atoms with Crippen LogP contribution in [0.4, 0.5) is 8.78 Å². The molecular formula is C17H19F2N2+. The monoisotopic (exact) mass is 289 g/mol. The van der Waals surface area contributed by atoms with E-state index >= 15 is 0 Å². The van der Waals surface area contributed by atoms with Crippen molar-refractivity contribution < 1.29 is 14.1 Å². The van der Waals surface area contributed by atoms with E-state index in [1.165, 1.54) is 17.7 Å². The fourth-order valence-corrected chi connectivity index (χ4v) is 2.98. The summed E-state index contributed by atoms with van der Waals surface area (Å²) in [6, 6.07) is 14.5. The predicted octanol–water partition coefficient (Wildman–Crippen LogP) is 2.13. The summed E-state index contributed by atoms with van der Waals surface area (Å²) in [5, 5.41) is 5.59. The van der Waals surface area contributed by atoms with Gasteiger partial charge in [0.2, 0.25) is 0 Å². The van der Waals surface area contributed by atoms with Crippen molar-refractivity contribution in [3.63, 3.8) is 0 Å². The Morgan fingerprint density at radius 1 is 1.10 bits per heavy atom. The summed E-state index contributed by atoms with van der Waals surface area (Å²) in [7, 11) is 0. The second kappa shape index (κ2) is 6.33. The molecule has 21 heavy (non-hydrogen) atoms. The molecule has 0 aromatic heterocycles. The van der Waals surface area contributed by atoms with Gasteiger partial charge in [-0.2, -0.15) is 0 Å².